The highest BCUT2D eigenvalue weighted by atomic mass is 32.1. The number of nitrogens with zero attached hydrogens (tertiary/aromatic N) is 4. The highest BCUT2D eigenvalue weighted by Gasteiger charge is 2.17. The van der Waals surface area contributed by atoms with E-state index in [0.717, 1.165) is 23.1 Å². The number of hydrogen-bond donors (Lipinski definition) is 0. The maximum atomic E-state index is 14.4. The Bertz CT molecular complexity index is 1080. The van der Waals surface area contributed by atoms with Crippen molar-refractivity contribution in [2.24, 2.45) is 4.99 Å². The van der Waals surface area contributed by atoms with Crippen LogP contribution in [0, 0.1) is 18.6 Å². The van der Waals surface area contributed by atoms with Gasteiger partial charge in [0.2, 0.25) is 0 Å². The Labute approximate surface area is 165 Å². The van der Waals surface area contributed by atoms with Crippen LogP contribution in [-0.2, 0) is 11.3 Å². The maximum Gasteiger partial charge on any atom is 0.300 e. The average Bonchev–Trinajstić information content (AvgIpc) is 3.16. The minimum Gasteiger partial charge on any atom is -0.380 e. The summed E-state index contributed by atoms with van der Waals surface area (Å²) < 4.78 is 37.0. The van der Waals surface area contributed by atoms with E-state index in [1.165, 1.54) is 6.07 Å². The Balaban J connectivity index is 2.10. The van der Waals surface area contributed by atoms with E-state index in [4.69, 9.17) is 4.74 Å². The standard InChI is InChI=1S/C19H22F2N4O2S/c1-5-27-7-6-24-17-14(21)9-13(20)10-16(17)28-19(24)22-18(26)15-8-12(4)25(23-15)11(2)3/h8-11H,5-7H2,1-4H3. The first-order valence-corrected chi connectivity index (χ1v) is 9.84. The number of halogens is 2. The Kier molecular flexibility index (Phi) is 6.04. The Hall–Kier alpha value is -2.39. The molecule has 0 bridgehead atoms. The van der Waals surface area contributed by atoms with Crippen LogP contribution in [0.3, 0.4) is 0 Å². The van der Waals surface area contributed by atoms with Crippen LogP contribution in [0.25, 0.3) is 10.2 Å². The number of benzene rings is 1. The monoisotopic (exact) mass is 408 g/mol. The van der Waals surface area contributed by atoms with Crippen molar-refractivity contribution in [3.05, 3.63) is 46.0 Å². The number of carbonyl (C=O) groups excluding carboxylic acids is 1. The van der Waals surface area contributed by atoms with E-state index in [-0.39, 0.29) is 22.1 Å². The van der Waals surface area contributed by atoms with E-state index >= 15 is 0 Å². The van der Waals surface area contributed by atoms with E-state index in [1.54, 1.807) is 15.3 Å². The normalized spacial score (nSPS) is 12.5. The van der Waals surface area contributed by atoms with E-state index in [9.17, 15) is 13.6 Å². The Morgan fingerprint density at radius 2 is 2.07 bits per heavy atom. The summed E-state index contributed by atoms with van der Waals surface area (Å²) in [6.07, 6.45) is 0. The van der Waals surface area contributed by atoms with E-state index in [0.29, 0.717) is 24.5 Å². The molecular formula is C19H22F2N4O2S. The first-order valence-electron chi connectivity index (χ1n) is 9.03. The van der Waals surface area contributed by atoms with Crippen LogP contribution in [-0.4, -0.2) is 33.5 Å². The third kappa shape index (κ3) is 4.05. The summed E-state index contributed by atoms with van der Waals surface area (Å²) in [6.45, 7) is 8.78. The van der Waals surface area contributed by atoms with Crippen molar-refractivity contribution in [2.45, 2.75) is 40.3 Å². The van der Waals surface area contributed by atoms with Gasteiger partial charge in [0, 0.05) is 31.0 Å². The van der Waals surface area contributed by atoms with E-state index < -0.39 is 17.5 Å². The van der Waals surface area contributed by atoms with Gasteiger partial charge in [-0.2, -0.15) is 10.1 Å². The Morgan fingerprint density at radius 1 is 1.32 bits per heavy atom. The van der Waals surface area contributed by atoms with Gasteiger partial charge in [0.15, 0.2) is 16.3 Å². The second kappa shape index (κ2) is 8.32. The predicted octanol–water partition coefficient (Wildman–Crippen LogP) is 3.84. The number of amides is 1. The zero-order valence-corrected chi connectivity index (χ0v) is 17.0. The number of rotatable bonds is 6. The van der Waals surface area contributed by atoms with Crippen molar-refractivity contribution < 1.29 is 18.3 Å². The number of aromatic nitrogens is 3. The van der Waals surface area contributed by atoms with Crippen LogP contribution < -0.4 is 4.80 Å². The van der Waals surface area contributed by atoms with Gasteiger partial charge in [0.05, 0.1) is 16.8 Å². The molecule has 3 rings (SSSR count). The summed E-state index contributed by atoms with van der Waals surface area (Å²) in [5.74, 6) is -1.90. The molecule has 0 N–H and O–H groups in total. The molecular weight excluding hydrogens is 386 g/mol. The van der Waals surface area contributed by atoms with Crippen molar-refractivity contribution in [2.75, 3.05) is 13.2 Å². The van der Waals surface area contributed by atoms with Crippen molar-refractivity contribution in [1.29, 1.82) is 0 Å². The molecule has 0 aliphatic carbocycles. The largest absolute Gasteiger partial charge is 0.380 e. The predicted molar refractivity (Wildman–Crippen MR) is 103 cm³/mol. The van der Waals surface area contributed by atoms with Crippen LogP contribution >= 0.6 is 11.3 Å². The van der Waals surface area contributed by atoms with Gasteiger partial charge in [-0.05, 0) is 39.8 Å². The van der Waals surface area contributed by atoms with Crippen LogP contribution in [0.5, 0.6) is 0 Å². The SMILES string of the molecule is CCOCCn1c(=NC(=O)c2cc(C)n(C(C)C)n2)sc2cc(F)cc(F)c21. The minimum atomic E-state index is -0.698. The quantitative estimate of drug-likeness (QED) is 0.582. The molecule has 1 amide bonds. The molecule has 2 aromatic heterocycles. The van der Waals surface area contributed by atoms with Crippen molar-refractivity contribution in [1.82, 2.24) is 14.3 Å². The molecule has 2 heterocycles. The van der Waals surface area contributed by atoms with Gasteiger partial charge in [-0.1, -0.05) is 11.3 Å². The van der Waals surface area contributed by atoms with Gasteiger partial charge in [0.1, 0.15) is 5.82 Å². The molecule has 0 aliphatic heterocycles. The summed E-state index contributed by atoms with van der Waals surface area (Å²) in [5.41, 5.74) is 1.27. The molecule has 1 aromatic carbocycles. The lowest BCUT2D eigenvalue weighted by molar-refractivity contribution is 0.0991. The number of hydrogen-bond acceptors (Lipinski definition) is 4. The summed E-state index contributed by atoms with van der Waals surface area (Å²) in [7, 11) is 0. The summed E-state index contributed by atoms with van der Waals surface area (Å²) in [4.78, 5) is 17.1. The Morgan fingerprint density at radius 3 is 2.71 bits per heavy atom. The number of aryl methyl sites for hydroxylation is 1. The van der Waals surface area contributed by atoms with Gasteiger partial charge in [-0.25, -0.2) is 8.78 Å². The number of carbonyl (C=O) groups is 1. The first kappa shape index (κ1) is 20.3. The molecule has 3 aromatic rings. The average molecular weight is 408 g/mol. The van der Waals surface area contributed by atoms with Crippen LogP contribution in [0.2, 0.25) is 0 Å². The topological polar surface area (TPSA) is 61.4 Å². The molecule has 0 saturated heterocycles. The smallest absolute Gasteiger partial charge is 0.300 e. The first-order chi connectivity index (χ1) is 13.3. The van der Waals surface area contributed by atoms with Crippen molar-refractivity contribution >= 4 is 27.5 Å². The second-order valence-corrected chi connectivity index (χ2v) is 7.60. The number of ether oxygens (including phenoxy) is 1. The molecule has 0 fully saturated rings. The van der Waals surface area contributed by atoms with E-state index in [1.807, 2.05) is 27.7 Å². The summed E-state index contributed by atoms with van der Waals surface area (Å²) in [6, 6.07) is 3.84. The third-order valence-corrected chi connectivity index (χ3v) is 5.21. The maximum absolute atomic E-state index is 14.4. The van der Waals surface area contributed by atoms with Gasteiger partial charge < -0.3 is 9.30 Å². The third-order valence-electron chi connectivity index (χ3n) is 4.19. The number of fused-ring (bicyclic) bond motifs is 1. The number of thiazole rings is 1. The molecule has 28 heavy (non-hydrogen) atoms. The molecule has 0 aliphatic rings. The molecule has 0 saturated carbocycles. The molecule has 0 radical (unpaired) electrons. The zero-order valence-electron chi connectivity index (χ0n) is 16.2. The van der Waals surface area contributed by atoms with Crippen LogP contribution in [0.15, 0.2) is 23.2 Å². The van der Waals surface area contributed by atoms with Crippen molar-refractivity contribution in [3.63, 3.8) is 0 Å². The summed E-state index contributed by atoms with van der Waals surface area (Å²) >= 11 is 1.06. The lowest BCUT2D eigenvalue weighted by Gasteiger charge is -2.06. The van der Waals surface area contributed by atoms with E-state index in [2.05, 4.69) is 10.1 Å². The van der Waals surface area contributed by atoms with Gasteiger partial charge >= 0.3 is 0 Å². The molecule has 9 heteroatoms. The lowest BCUT2D eigenvalue weighted by Crippen LogP contribution is -2.20. The molecule has 6 nitrogen and oxygen atoms in total. The van der Waals surface area contributed by atoms with Gasteiger partial charge in [0.25, 0.3) is 5.91 Å². The zero-order chi connectivity index (χ0) is 20.4. The summed E-state index contributed by atoms with van der Waals surface area (Å²) in [5, 5.41) is 4.31. The fourth-order valence-corrected chi connectivity index (χ4v) is 4.08. The molecule has 0 atom stereocenters. The molecule has 150 valence electrons. The minimum absolute atomic E-state index is 0.110. The van der Waals surface area contributed by atoms with Gasteiger partial charge in [-0.3, -0.25) is 9.48 Å². The molecule has 0 spiro atoms. The highest BCUT2D eigenvalue weighted by molar-refractivity contribution is 7.16. The lowest BCUT2D eigenvalue weighted by atomic mass is 10.3. The van der Waals surface area contributed by atoms with Crippen LogP contribution in [0.1, 0.15) is 43.0 Å². The van der Waals surface area contributed by atoms with Gasteiger partial charge in [-0.15, -0.1) is 0 Å². The van der Waals surface area contributed by atoms with Crippen molar-refractivity contribution in [3.8, 4) is 0 Å². The van der Waals surface area contributed by atoms with Crippen LogP contribution in [0.4, 0.5) is 8.78 Å². The molecule has 0 unspecified atom stereocenters. The fraction of sp³-hybridized carbons (Fsp3) is 0.421. The fourth-order valence-electron chi connectivity index (χ4n) is 2.98. The highest BCUT2D eigenvalue weighted by Crippen LogP contribution is 2.22. The second-order valence-electron chi connectivity index (χ2n) is 6.59.